The number of carbonyl (C=O) groups is 1. The Kier molecular flexibility index (Phi) is 3.64. The van der Waals surface area contributed by atoms with E-state index in [0.717, 1.165) is 4.90 Å². The molecular formula is C11H10F2N2O5. The first-order valence-corrected chi connectivity index (χ1v) is 5.60. The Balaban J connectivity index is 2.38. The number of aliphatic hydroxyl groups excluding tert-OH is 2. The summed E-state index contributed by atoms with van der Waals surface area (Å²) in [4.78, 5) is 22.3. The summed E-state index contributed by atoms with van der Waals surface area (Å²) in [5.41, 5.74) is -1.95. The van der Waals surface area contributed by atoms with E-state index in [1.807, 2.05) is 0 Å². The van der Waals surface area contributed by atoms with E-state index in [-0.39, 0.29) is 13.1 Å². The minimum Gasteiger partial charge on any atom is -0.388 e. The summed E-state index contributed by atoms with van der Waals surface area (Å²) in [7, 11) is 0. The van der Waals surface area contributed by atoms with Gasteiger partial charge in [-0.3, -0.25) is 14.9 Å². The van der Waals surface area contributed by atoms with Crippen molar-refractivity contribution in [1.29, 1.82) is 0 Å². The molecule has 0 bridgehead atoms. The zero-order chi connectivity index (χ0) is 15.0. The molecular weight excluding hydrogens is 278 g/mol. The Labute approximate surface area is 111 Å². The smallest absolute Gasteiger partial charge is 0.308 e. The van der Waals surface area contributed by atoms with Crippen LogP contribution >= 0.6 is 0 Å². The van der Waals surface area contributed by atoms with Gasteiger partial charge in [0.15, 0.2) is 0 Å². The van der Waals surface area contributed by atoms with Crippen molar-refractivity contribution in [3.05, 3.63) is 39.4 Å². The number of halogens is 2. The summed E-state index contributed by atoms with van der Waals surface area (Å²) in [5.74, 6) is -3.60. The zero-order valence-electron chi connectivity index (χ0n) is 9.99. The normalized spacial score (nSPS) is 22.1. The van der Waals surface area contributed by atoms with Crippen LogP contribution in [0.25, 0.3) is 0 Å². The number of nitrogens with zero attached hydrogens (tertiary/aromatic N) is 2. The van der Waals surface area contributed by atoms with Crippen LogP contribution in [0, 0.1) is 21.7 Å². The highest BCUT2D eigenvalue weighted by Crippen LogP contribution is 2.24. The topological polar surface area (TPSA) is 104 Å². The molecule has 1 amide bonds. The van der Waals surface area contributed by atoms with Crippen LogP contribution in [0.2, 0.25) is 0 Å². The van der Waals surface area contributed by atoms with Gasteiger partial charge in [-0.2, -0.15) is 4.39 Å². The van der Waals surface area contributed by atoms with E-state index in [0.29, 0.717) is 12.1 Å². The van der Waals surface area contributed by atoms with Crippen molar-refractivity contribution < 1.29 is 28.7 Å². The minimum atomic E-state index is -1.45. The summed E-state index contributed by atoms with van der Waals surface area (Å²) < 4.78 is 27.0. The number of aliphatic hydroxyl groups is 2. The van der Waals surface area contributed by atoms with E-state index in [9.17, 15) is 33.9 Å². The fraction of sp³-hybridized carbons (Fsp3) is 0.364. The van der Waals surface area contributed by atoms with Gasteiger partial charge >= 0.3 is 5.69 Å². The molecule has 7 nitrogen and oxygen atoms in total. The molecule has 2 N–H and O–H groups in total. The Morgan fingerprint density at radius 3 is 2.35 bits per heavy atom. The van der Waals surface area contributed by atoms with Crippen LogP contribution in [-0.4, -0.2) is 51.2 Å². The maximum absolute atomic E-state index is 13.8. The first-order chi connectivity index (χ1) is 9.31. The summed E-state index contributed by atoms with van der Waals surface area (Å²) in [5, 5.41) is 29.2. The largest absolute Gasteiger partial charge is 0.388 e. The molecule has 9 heteroatoms. The first kappa shape index (κ1) is 14.3. The zero-order valence-corrected chi connectivity index (χ0v) is 9.99. The van der Waals surface area contributed by atoms with Crippen molar-refractivity contribution in [3.8, 4) is 0 Å². The van der Waals surface area contributed by atoms with Gasteiger partial charge in [-0.05, 0) is 6.07 Å². The van der Waals surface area contributed by atoms with Crippen molar-refractivity contribution in [1.82, 2.24) is 4.90 Å². The van der Waals surface area contributed by atoms with Crippen molar-refractivity contribution in [2.45, 2.75) is 12.2 Å². The summed E-state index contributed by atoms with van der Waals surface area (Å²) in [6.45, 7) is -0.520. The highest BCUT2D eigenvalue weighted by Gasteiger charge is 2.35. The van der Waals surface area contributed by atoms with E-state index in [1.54, 1.807) is 0 Å². The predicted octanol–water partition coefficient (Wildman–Crippen LogP) is 0.0506. The number of nitro benzene ring substituents is 1. The van der Waals surface area contributed by atoms with Crippen LogP contribution in [0.5, 0.6) is 0 Å². The first-order valence-electron chi connectivity index (χ1n) is 5.60. The molecule has 108 valence electrons. The van der Waals surface area contributed by atoms with Crippen LogP contribution in [0.3, 0.4) is 0 Å². The highest BCUT2D eigenvalue weighted by atomic mass is 19.1. The van der Waals surface area contributed by atoms with Crippen LogP contribution in [-0.2, 0) is 0 Å². The average molecular weight is 288 g/mol. The lowest BCUT2D eigenvalue weighted by atomic mass is 10.1. The molecule has 1 fully saturated rings. The number of benzene rings is 1. The van der Waals surface area contributed by atoms with Crippen LogP contribution in [0.4, 0.5) is 14.5 Å². The molecule has 0 radical (unpaired) electrons. The number of hydrogen-bond donors (Lipinski definition) is 2. The molecule has 0 aliphatic carbocycles. The van der Waals surface area contributed by atoms with Crippen LogP contribution < -0.4 is 0 Å². The number of β-amino-alcohol motifs (C(OH)–C–C–N with tert-alkyl or cyclic N) is 2. The predicted molar refractivity (Wildman–Crippen MR) is 60.9 cm³/mol. The van der Waals surface area contributed by atoms with E-state index in [4.69, 9.17) is 0 Å². The Morgan fingerprint density at radius 1 is 1.30 bits per heavy atom. The van der Waals surface area contributed by atoms with E-state index in [2.05, 4.69) is 0 Å². The standard InChI is InChI=1S/C11H10F2N2O5/c12-5-1-6(10(13)7(2-5)15(19)20)11(18)14-3-8(16)9(17)4-14/h1-2,8-9,16-17H,3-4H2/t8-,9+. The quantitative estimate of drug-likeness (QED) is 0.591. The van der Waals surface area contributed by atoms with Crippen molar-refractivity contribution in [2.75, 3.05) is 13.1 Å². The molecule has 1 aliphatic rings. The van der Waals surface area contributed by atoms with E-state index < -0.39 is 45.9 Å². The fourth-order valence-electron chi connectivity index (χ4n) is 1.97. The number of likely N-dealkylation sites (tertiary alicyclic amines) is 1. The van der Waals surface area contributed by atoms with Crippen molar-refractivity contribution in [2.24, 2.45) is 0 Å². The third-order valence-electron chi connectivity index (χ3n) is 2.99. The Morgan fingerprint density at radius 2 is 1.85 bits per heavy atom. The molecule has 0 aromatic heterocycles. The number of carbonyl (C=O) groups excluding carboxylic acids is 1. The number of rotatable bonds is 2. The Bertz CT molecular complexity index is 570. The van der Waals surface area contributed by atoms with Crippen molar-refractivity contribution in [3.63, 3.8) is 0 Å². The van der Waals surface area contributed by atoms with Crippen LogP contribution in [0.1, 0.15) is 10.4 Å². The van der Waals surface area contributed by atoms with Gasteiger partial charge in [-0.1, -0.05) is 0 Å². The number of amides is 1. The van der Waals surface area contributed by atoms with Gasteiger partial charge in [0.05, 0.1) is 28.8 Å². The molecule has 1 saturated heterocycles. The number of nitro groups is 1. The van der Waals surface area contributed by atoms with Crippen molar-refractivity contribution >= 4 is 11.6 Å². The van der Waals surface area contributed by atoms with E-state index >= 15 is 0 Å². The Hall–Kier alpha value is -2.13. The molecule has 1 aromatic rings. The third-order valence-corrected chi connectivity index (χ3v) is 2.99. The monoisotopic (exact) mass is 288 g/mol. The molecule has 1 heterocycles. The molecule has 0 spiro atoms. The van der Waals surface area contributed by atoms with Gasteiger partial charge in [0, 0.05) is 13.1 Å². The van der Waals surface area contributed by atoms with Gasteiger partial charge in [0.1, 0.15) is 5.82 Å². The second-order valence-electron chi connectivity index (χ2n) is 4.39. The summed E-state index contributed by atoms with van der Waals surface area (Å²) in [6.07, 6.45) is -2.38. The maximum Gasteiger partial charge on any atom is 0.308 e. The second-order valence-corrected chi connectivity index (χ2v) is 4.39. The molecule has 1 aromatic carbocycles. The summed E-state index contributed by atoms with van der Waals surface area (Å²) in [6, 6.07) is 0.918. The van der Waals surface area contributed by atoms with Gasteiger partial charge in [0.2, 0.25) is 5.82 Å². The van der Waals surface area contributed by atoms with E-state index in [1.165, 1.54) is 0 Å². The SMILES string of the molecule is O=C(c1cc(F)cc([N+](=O)[O-])c1F)N1C[C@@H](O)[C@@H](O)C1. The maximum atomic E-state index is 13.8. The van der Waals surface area contributed by atoms with Gasteiger partial charge in [-0.25, -0.2) is 4.39 Å². The highest BCUT2D eigenvalue weighted by molar-refractivity contribution is 5.95. The lowest BCUT2D eigenvalue weighted by molar-refractivity contribution is -0.387. The van der Waals surface area contributed by atoms with Gasteiger partial charge < -0.3 is 15.1 Å². The molecule has 20 heavy (non-hydrogen) atoms. The third kappa shape index (κ3) is 2.45. The molecule has 1 aliphatic heterocycles. The fourth-order valence-corrected chi connectivity index (χ4v) is 1.97. The molecule has 2 atom stereocenters. The summed E-state index contributed by atoms with van der Waals surface area (Å²) >= 11 is 0. The van der Waals surface area contributed by atoms with Crippen LogP contribution in [0.15, 0.2) is 12.1 Å². The van der Waals surface area contributed by atoms with Gasteiger partial charge in [-0.15, -0.1) is 0 Å². The number of hydrogen-bond acceptors (Lipinski definition) is 5. The second kappa shape index (κ2) is 5.10. The lowest BCUT2D eigenvalue weighted by Gasteiger charge is -2.15. The molecule has 0 unspecified atom stereocenters. The minimum absolute atomic E-state index is 0.260. The van der Waals surface area contributed by atoms with Gasteiger partial charge in [0.25, 0.3) is 5.91 Å². The lowest BCUT2D eigenvalue weighted by Crippen LogP contribution is -2.30. The molecule has 2 rings (SSSR count). The molecule has 0 saturated carbocycles. The average Bonchev–Trinajstić information content (AvgIpc) is 2.71.